The molecule has 2 amide bonds. The number of aromatic nitrogens is 1. The van der Waals surface area contributed by atoms with Crippen LogP contribution in [-0.2, 0) is 15.0 Å². The zero-order chi connectivity index (χ0) is 21.2. The number of amides is 2. The summed E-state index contributed by atoms with van der Waals surface area (Å²) in [5.74, 6) is -0.957. The summed E-state index contributed by atoms with van der Waals surface area (Å²) in [7, 11) is 0. The molecule has 29 heavy (non-hydrogen) atoms. The molecule has 0 bridgehead atoms. The van der Waals surface area contributed by atoms with E-state index >= 15 is 0 Å². The zero-order valence-corrected chi connectivity index (χ0v) is 16.5. The number of anilines is 1. The first-order valence-corrected chi connectivity index (χ1v) is 9.33. The summed E-state index contributed by atoms with van der Waals surface area (Å²) >= 11 is 0. The molecule has 3 rings (SSSR count). The van der Waals surface area contributed by atoms with Crippen molar-refractivity contribution in [3.8, 4) is 5.88 Å². The number of carbonyl (C=O) groups excluding carboxylic acids is 2. The molecule has 0 aliphatic carbocycles. The normalized spacial score (nSPS) is 18.8. The van der Waals surface area contributed by atoms with Crippen LogP contribution in [0.4, 0.5) is 14.5 Å². The number of hydrogen-bond donors (Lipinski definition) is 2. The third-order valence-corrected chi connectivity index (χ3v) is 5.03. The van der Waals surface area contributed by atoms with E-state index in [9.17, 15) is 18.4 Å². The minimum absolute atomic E-state index is 0.0293. The Morgan fingerprint density at radius 1 is 1.24 bits per heavy atom. The van der Waals surface area contributed by atoms with Crippen molar-refractivity contribution in [1.82, 2.24) is 10.3 Å². The van der Waals surface area contributed by atoms with E-state index in [1.165, 1.54) is 6.07 Å². The van der Waals surface area contributed by atoms with Gasteiger partial charge in [0.1, 0.15) is 11.1 Å². The van der Waals surface area contributed by atoms with E-state index in [4.69, 9.17) is 0 Å². The third kappa shape index (κ3) is 4.21. The molecule has 6 nitrogen and oxygen atoms in total. The van der Waals surface area contributed by atoms with E-state index < -0.39 is 17.9 Å². The van der Waals surface area contributed by atoms with Crippen LogP contribution in [0.1, 0.15) is 43.0 Å². The van der Waals surface area contributed by atoms with Gasteiger partial charge in [-0.2, -0.15) is 8.78 Å². The average molecular weight is 403 g/mol. The van der Waals surface area contributed by atoms with Crippen molar-refractivity contribution in [2.45, 2.75) is 45.1 Å². The number of alkyl halides is 2. The quantitative estimate of drug-likeness (QED) is 0.774. The number of ether oxygens (including phenoxy) is 1. The Kier molecular flexibility index (Phi) is 5.81. The van der Waals surface area contributed by atoms with Crippen LogP contribution in [0.25, 0.3) is 0 Å². The van der Waals surface area contributed by atoms with Gasteiger partial charge in [-0.15, -0.1) is 0 Å². The van der Waals surface area contributed by atoms with E-state index in [-0.39, 0.29) is 36.4 Å². The first-order chi connectivity index (χ1) is 13.7. The highest BCUT2D eigenvalue weighted by Crippen LogP contribution is 2.38. The Bertz CT molecular complexity index is 933. The molecule has 1 unspecified atom stereocenters. The van der Waals surface area contributed by atoms with E-state index in [0.29, 0.717) is 5.69 Å². The van der Waals surface area contributed by atoms with Crippen LogP contribution in [0.15, 0.2) is 36.4 Å². The Morgan fingerprint density at radius 2 is 1.97 bits per heavy atom. The topological polar surface area (TPSA) is 80.3 Å². The van der Waals surface area contributed by atoms with Crippen molar-refractivity contribution in [2.24, 2.45) is 0 Å². The highest BCUT2D eigenvalue weighted by molar-refractivity contribution is 6.05. The summed E-state index contributed by atoms with van der Waals surface area (Å²) < 4.78 is 30.0. The molecule has 154 valence electrons. The minimum Gasteiger partial charge on any atom is -0.415 e. The molecule has 0 radical (unpaired) electrons. The van der Waals surface area contributed by atoms with Crippen LogP contribution in [0.5, 0.6) is 5.88 Å². The lowest BCUT2D eigenvalue weighted by Gasteiger charge is -2.30. The largest absolute Gasteiger partial charge is 0.415 e. The molecule has 8 heteroatoms. The van der Waals surface area contributed by atoms with Gasteiger partial charge < -0.3 is 15.4 Å². The van der Waals surface area contributed by atoms with Crippen molar-refractivity contribution in [3.63, 3.8) is 0 Å². The zero-order valence-electron chi connectivity index (χ0n) is 16.5. The molecular weight excluding hydrogens is 380 g/mol. The van der Waals surface area contributed by atoms with E-state index in [1.807, 2.05) is 38.1 Å². The number of nitrogens with zero attached hydrogens (tertiary/aromatic N) is 1. The van der Waals surface area contributed by atoms with Gasteiger partial charge in [0.15, 0.2) is 0 Å². The Labute approximate surface area is 167 Å². The molecule has 1 fully saturated rings. The number of pyridine rings is 1. The van der Waals surface area contributed by atoms with Gasteiger partial charge in [0.05, 0.1) is 0 Å². The van der Waals surface area contributed by atoms with E-state index in [2.05, 4.69) is 20.4 Å². The fourth-order valence-corrected chi connectivity index (χ4v) is 3.60. The van der Waals surface area contributed by atoms with Gasteiger partial charge in [-0.1, -0.05) is 38.1 Å². The maximum atomic E-state index is 13.4. The number of aryl methyl sites for hydroxylation is 1. The van der Waals surface area contributed by atoms with Crippen molar-refractivity contribution >= 4 is 17.5 Å². The maximum absolute atomic E-state index is 13.4. The maximum Gasteiger partial charge on any atom is 0.388 e. The van der Waals surface area contributed by atoms with Crippen LogP contribution in [-0.4, -0.2) is 30.0 Å². The summed E-state index contributed by atoms with van der Waals surface area (Å²) in [6.07, 6.45) is -0.0348. The number of rotatable bonds is 6. The highest BCUT2D eigenvalue weighted by atomic mass is 19.3. The van der Waals surface area contributed by atoms with Crippen molar-refractivity contribution < 1.29 is 23.1 Å². The predicted octanol–water partition coefficient (Wildman–Crippen LogP) is 3.51. The van der Waals surface area contributed by atoms with Crippen molar-refractivity contribution in [2.75, 3.05) is 11.9 Å². The number of nitrogens with one attached hydrogen (secondary N) is 2. The van der Waals surface area contributed by atoms with Gasteiger partial charge >= 0.3 is 6.61 Å². The number of carbonyl (C=O) groups is 2. The first kappa shape index (κ1) is 20.7. The molecular formula is C21H23F2N3O3. The fraction of sp³-hybridized carbons (Fsp3) is 0.381. The van der Waals surface area contributed by atoms with Crippen LogP contribution < -0.4 is 15.4 Å². The molecule has 2 heterocycles. The van der Waals surface area contributed by atoms with Crippen LogP contribution in [0, 0.1) is 6.92 Å². The average Bonchev–Trinajstić information content (AvgIpc) is 3.06. The van der Waals surface area contributed by atoms with Gasteiger partial charge in [-0.25, -0.2) is 4.98 Å². The van der Waals surface area contributed by atoms with E-state index in [1.54, 1.807) is 13.0 Å². The van der Waals surface area contributed by atoms with Crippen LogP contribution in [0.2, 0.25) is 0 Å². The molecule has 1 aromatic heterocycles. The van der Waals surface area contributed by atoms with Gasteiger partial charge in [0, 0.05) is 18.7 Å². The molecule has 1 aliphatic heterocycles. The summed E-state index contributed by atoms with van der Waals surface area (Å²) in [6.45, 7) is 2.68. The highest BCUT2D eigenvalue weighted by Gasteiger charge is 2.48. The SMILES string of the molecule is Cc1ccc(NC(=O)C2(c3ccccc3C(C)C)CNC(=O)C2)c(OC(F)F)n1. The second-order valence-corrected chi connectivity index (χ2v) is 7.42. The lowest BCUT2D eigenvalue weighted by atomic mass is 9.74. The third-order valence-electron chi connectivity index (χ3n) is 5.03. The molecule has 1 saturated heterocycles. The van der Waals surface area contributed by atoms with Gasteiger partial charge in [0.25, 0.3) is 0 Å². The summed E-state index contributed by atoms with van der Waals surface area (Å²) in [6, 6.07) is 10.5. The number of hydrogen-bond acceptors (Lipinski definition) is 4. The number of benzene rings is 1. The van der Waals surface area contributed by atoms with Gasteiger partial charge in [0.2, 0.25) is 17.7 Å². The Hall–Kier alpha value is -3.03. The second kappa shape index (κ2) is 8.14. The Morgan fingerprint density at radius 3 is 2.59 bits per heavy atom. The lowest BCUT2D eigenvalue weighted by molar-refractivity contribution is -0.124. The monoisotopic (exact) mass is 403 g/mol. The van der Waals surface area contributed by atoms with Crippen LogP contribution in [0.3, 0.4) is 0 Å². The molecule has 2 N–H and O–H groups in total. The summed E-state index contributed by atoms with van der Waals surface area (Å²) in [5, 5.41) is 5.39. The first-order valence-electron chi connectivity index (χ1n) is 9.33. The minimum atomic E-state index is -3.08. The van der Waals surface area contributed by atoms with Crippen molar-refractivity contribution in [1.29, 1.82) is 0 Å². The molecule has 1 aromatic carbocycles. The second-order valence-electron chi connectivity index (χ2n) is 7.42. The smallest absolute Gasteiger partial charge is 0.388 e. The van der Waals surface area contributed by atoms with Crippen LogP contribution >= 0.6 is 0 Å². The van der Waals surface area contributed by atoms with E-state index in [0.717, 1.165) is 11.1 Å². The standard InChI is InChI=1S/C21H23F2N3O3/c1-12(2)14-6-4-5-7-15(14)21(10-17(27)24-11-21)19(28)26-16-9-8-13(3)25-18(16)29-20(22)23/h4-9,12,20H,10-11H2,1-3H3,(H,24,27)(H,26,28). The van der Waals surface area contributed by atoms with Crippen molar-refractivity contribution in [3.05, 3.63) is 53.2 Å². The molecule has 0 spiro atoms. The molecule has 2 aromatic rings. The molecule has 0 saturated carbocycles. The number of halogens is 2. The Balaban J connectivity index is 2.02. The molecule has 1 aliphatic rings. The molecule has 1 atom stereocenters. The van der Waals surface area contributed by atoms with Gasteiger partial charge in [-0.3, -0.25) is 9.59 Å². The van der Waals surface area contributed by atoms with Gasteiger partial charge in [-0.05, 0) is 36.1 Å². The lowest BCUT2D eigenvalue weighted by Crippen LogP contribution is -2.43. The summed E-state index contributed by atoms with van der Waals surface area (Å²) in [4.78, 5) is 29.5. The summed E-state index contributed by atoms with van der Waals surface area (Å²) in [5.41, 5.74) is 1.02. The fourth-order valence-electron chi connectivity index (χ4n) is 3.60. The predicted molar refractivity (Wildman–Crippen MR) is 104 cm³/mol.